The van der Waals surface area contributed by atoms with Crippen LogP contribution >= 0.6 is 11.6 Å². The van der Waals surface area contributed by atoms with Crippen molar-refractivity contribution in [2.45, 2.75) is 6.61 Å². The highest BCUT2D eigenvalue weighted by molar-refractivity contribution is 6.29. The van der Waals surface area contributed by atoms with Gasteiger partial charge in [0, 0.05) is 5.56 Å². The molecule has 2 aromatic rings. The fraction of sp³-hybridized carbons (Fsp3) is 0.100. The Kier molecular flexibility index (Phi) is 3.43. The molecule has 0 aliphatic heterocycles. The van der Waals surface area contributed by atoms with E-state index in [9.17, 15) is 8.78 Å². The average Bonchev–Trinajstić information content (AvgIpc) is 2.28. The zero-order chi connectivity index (χ0) is 12.3. The van der Waals surface area contributed by atoms with E-state index in [-0.39, 0.29) is 23.2 Å². The van der Waals surface area contributed by atoms with Crippen LogP contribution in [0.5, 0.6) is 5.88 Å². The summed E-state index contributed by atoms with van der Waals surface area (Å²) < 4.78 is 30.8. The summed E-state index contributed by atoms with van der Waals surface area (Å²) in [7, 11) is 0. The number of ether oxygens (including phenoxy) is 1. The molecule has 0 N–H and O–H groups in total. The molecule has 0 atom stereocenters. The fourth-order valence-corrected chi connectivity index (χ4v) is 1.24. The van der Waals surface area contributed by atoms with Crippen molar-refractivity contribution < 1.29 is 13.5 Å². The predicted molar refractivity (Wildman–Crippen MR) is 55.5 cm³/mol. The maximum Gasteiger partial charge on any atom is 0.234 e. The molecule has 0 radical (unpaired) electrons. The van der Waals surface area contributed by atoms with Gasteiger partial charge in [-0.1, -0.05) is 11.6 Å². The third-order valence-electron chi connectivity index (χ3n) is 1.85. The van der Waals surface area contributed by atoms with E-state index in [0.29, 0.717) is 0 Å². The van der Waals surface area contributed by atoms with Crippen LogP contribution in [0.3, 0.4) is 0 Å². The minimum atomic E-state index is -0.917. The molecule has 17 heavy (non-hydrogen) atoms. The Morgan fingerprint density at radius 3 is 2.71 bits per heavy atom. The van der Waals surface area contributed by atoms with Gasteiger partial charge < -0.3 is 4.74 Å². The van der Waals surface area contributed by atoms with Crippen LogP contribution in [0.4, 0.5) is 8.78 Å². The topological polar surface area (TPSA) is 47.9 Å². The Labute approximate surface area is 100 Å². The molecule has 0 bridgehead atoms. The first kappa shape index (κ1) is 11.7. The van der Waals surface area contributed by atoms with Crippen LogP contribution in [0.1, 0.15) is 5.56 Å². The Hall–Kier alpha value is -1.82. The van der Waals surface area contributed by atoms with Gasteiger partial charge in [-0.2, -0.15) is 18.7 Å². The molecule has 2 rings (SSSR count). The second-order valence-corrected chi connectivity index (χ2v) is 3.44. The van der Waals surface area contributed by atoms with Gasteiger partial charge in [0.25, 0.3) is 0 Å². The molecule has 0 amide bonds. The molecule has 7 heteroatoms. The van der Waals surface area contributed by atoms with Crippen molar-refractivity contribution in [3.63, 3.8) is 0 Å². The second-order valence-electron chi connectivity index (χ2n) is 3.05. The summed E-state index contributed by atoms with van der Waals surface area (Å²) >= 11 is 5.59. The fourth-order valence-electron chi connectivity index (χ4n) is 1.10. The number of pyridine rings is 1. The molecule has 0 aliphatic rings. The summed E-state index contributed by atoms with van der Waals surface area (Å²) in [6.45, 7) is -0.131. The van der Waals surface area contributed by atoms with Gasteiger partial charge >= 0.3 is 0 Å². The van der Waals surface area contributed by atoms with E-state index >= 15 is 0 Å². The molecule has 0 saturated carbocycles. The standard InChI is InChI=1S/C10H6ClF2N3O/c11-7-3-14-4-9(15-7)17-5-6-1-2-8(12)16-10(6)13/h1-4H,5H2. The lowest BCUT2D eigenvalue weighted by Gasteiger charge is -2.05. The minimum absolute atomic E-state index is 0.119. The summed E-state index contributed by atoms with van der Waals surface area (Å²) in [5.41, 5.74) is 0.119. The minimum Gasteiger partial charge on any atom is -0.471 e. The molecule has 0 aliphatic carbocycles. The monoisotopic (exact) mass is 257 g/mol. The van der Waals surface area contributed by atoms with E-state index in [2.05, 4.69) is 15.0 Å². The Morgan fingerprint density at radius 2 is 2.00 bits per heavy atom. The smallest absolute Gasteiger partial charge is 0.234 e. The molecular formula is C10H6ClF2N3O. The molecule has 4 nitrogen and oxygen atoms in total. The van der Waals surface area contributed by atoms with Gasteiger partial charge in [0.05, 0.1) is 12.4 Å². The van der Waals surface area contributed by atoms with Crippen molar-refractivity contribution in [2.24, 2.45) is 0 Å². The van der Waals surface area contributed by atoms with Crippen molar-refractivity contribution in [1.82, 2.24) is 15.0 Å². The molecule has 0 unspecified atom stereocenters. The number of rotatable bonds is 3. The number of nitrogens with zero attached hydrogens (tertiary/aromatic N) is 3. The van der Waals surface area contributed by atoms with E-state index in [1.807, 2.05) is 0 Å². The highest BCUT2D eigenvalue weighted by Crippen LogP contribution is 2.12. The normalized spacial score (nSPS) is 10.3. The number of hydrogen-bond donors (Lipinski definition) is 0. The van der Waals surface area contributed by atoms with Gasteiger partial charge in [-0.15, -0.1) is 0 Å². The molecule has 2 heterocycles. The lowest BCUT2D eigenvalue weighted by Crippen LogP contribution is -2.02. The predicted octanol–water partition coefficient (Wildman–Crippen LogP) is 2.38. The molecule has 0 fully saturated rings. The first-order chi connectivity index (χ1) is 8.15. The van der Waals surface area contributed by atoms with Gasteiger partial charge in [-0.05, 0) is 12.1 Å². The van der Waals surface area contributed by atoms with Crippen LogP contribution < -0.4 is 4.74 Å². The van der Waals surface area contributed by atoms with Crippen molar-refractivity contribution in [3.05, 3.63) is 47.1 Å². The van der Waals surface area contributed by atoms with Gasteiger partial charge in [-0.25, -0.2) is 0 Å². The van der Waals surface area contributed by atoms with Crippen LogP contribution in [0, 0.1) is 11.9 Å². The van der Waals surface area contributed by atoms with Crippen LogP contribution in [0.25, 0.3) is 0 Å². The average molecular weight is 258 g/mol. The van der Waals surface area contributed by atoms with E-state index in [1.165, 1.54) is 18.5 Å². The maximum absolute atomic E-state index is 13.1. The maximum atomic E-state index is 13.1. The van der Waals surface area contributed by atoms with E-state index in [0.717, 1.165) is 6.07 Å². The molecule has 0 aromatic carbocycles. The van der Waals surface area contributed by atoms with E-state index < -0.39 is 11.9 Å². The zero-order valence-electron chi connectivity index (χ0n) is 8.40. The zero-order valence-corrected chi connectivity index (χ0v) is 9.16. The van der Waals surface area contributed by atoms with E-state index in [1.54, 1.807) is 0 Å². The summed E-state index contributed by atoms with van der Waals surface area (Å²) in [6, 6.07) is 2.29. The Balaban J connectivity index is 2.07. The summed E-state index contributed by atoms with van der Waals surface area (Å²) in [4.78, 5) is 10.6. The van der Waals surface area contributed by atoms with Crippen molar-refractivity contribution in [1.29, 1.82) is 0 Å². The third-order valence-corrected chi connectivity index (χ3v) is 2.03. The third kappa shape index (κ3) is 3.07. The number of hydrogen-bond acceptors (Lipinski definition) is 4. The van der Waals surface area contributed by atoms with Crippen LogP contribution in [0.15, 0.2) is 24.5 Å². The Bertz CT molecular complexity index is 539. The van der Waals surface area contributed by atoms with Crippen molar-refractivity contribution in [3.8, 4) is 5.88 Å². The summed E-state index contributed by atoms with van der Waals surface area (Å²) in [6.07, 6.45) is 2.68. The van der Waals surface area contributed by atoms with Gasteiger partial charge in [0.2, 0.25) is 17.8 Å². The van der Waals surface area contributed by atoms with Gasteiger partial charge in [-0.3, -0.25) is 4.98 Å². The first-order valence-electron chi connectivity index (χ1n) is 4.56. The summed E-state index contributed by atoms with van der Waals surface area (Å²) in [5.74, 6) is -1.64. The van der Waals surface area contributed by atoms with Crippen LogP contribution in [0.2, 0.25) is 5.15 Å². The first-order valence-corrected chi connectivity index (χ1v) is 4.94. The highest BCUT2D eigenvalue weighted by Gasteiger charge is 2.06. The lowest BCUT2D eigenvalue weighted by atomic mass is 10.3. The van der Waals surface area contributed by atoms with Crippen LogP contribution in [-0.4, -0.2) is 15.0 Å². The summed E-state index contributed by atoms with van der Waals surface area (Å²) in [5, 5.41) is 0.167. The van der Waals surface area contributed by atoms with Gasteiger partial charge in [0.1, 0.15) is 6.61 Å². The van der Waals surface area contributed by atoms with Crippen molar-refractivity contribution in [2.75, 3.05) is 0 Å². The Morgan fingerprint density at radius 1 is 1.18 bits per heavy atom. The van der Waals surface area contributed by atoms with Gasteiger partial charge in [0.15, 0.2) is 5.15 Å². The second kappa shape index (κ2) is 5.01. The van der Waals surface area contributed by atoms with Crippen LogP contribution in [-0.2, 0) is 6.61 Å². The molecule has 88 valence electrons. The number of halogens is 3. The molecular weight excluding hydrogens is 252 g/mol. The SMILES string of the molecule is Fc1ccc(COc2cncc(Cl)n2)c(F)n1. The number of aromatic nitrogens is 3. The highest BCUT2D eigenvalue weighted by atomic mass is 35.5. The largest absolute Gasteiger partial charge is 0.471 e. The molecule has 2 aromatic heterocycles. The molecule has 0 saturated heterocycles. The quantitative estimate of drug-likeness (QED) is 0.792. The van der Waals surface area contributed by atoms with Crippen molar-refractivity contribution >= 4 is 11.6 Å². The van der Waals surface area contributed by atoms with E-state index in [4.69, 9.17) is 16.3 Å². The lowest BCUT2D eigenvalue weighted by molar-refractivity contribution is 0.284. The molecule has 0 spiro atoms.